The van der Waals surface area contributed by atoms with Crippen molar-refractivity contribution in [1.29, 1.82) is 0 Å². The monoisotopic (exact) mass is 253 g/mol. The number of aliphatic hydroxyl groups excluding tert-OH is 1. The zero-order chi connectivity index (χ0) is 12.6. The Kier molecular flexibility index (Phi) is 5.48. The summed E-state index contributed by atoms with van der Waals surface area (Å²) in [5.41, 5.74) is 0. The van der Waals surface area contributed by atoms with Gasteiger partial charge in [0.05, 0.1) is 6.10 Å². The minimum atomic E-state index is -0.0618. The lowest BCUT2D eigenvalue weighted by atomic mass is 10.1. The highest BCUT2D eigenvalue weighted by Crippen LogP contribution is 2.16. The molecule has 1 aliphatic heterocycles. The Bertz CT molecular complexity index is 333. The van der Waals surface area contributed by atoms with E-state index in [9.17, 15) is 0 Å². The molecule has 0 bridgehead atoms. The quantitative estimate of drug-likeness (QED) is 0.748. The van der Waals surface area contributed by atoms with E-state index in [1.807, 2.05) is 0 Å². The van der Waals surface area contributed by atoms with Crippen molar-refractivity contribution in [3.63, 3.8) is 0 Å². The maximum absolute atomic E-state index is 8.69. The van der Waals surface area contributed by atoms with Crippen LogP contribution in [0.1, 0.15) is 31.4 Å². The Morgan fingerprint density at radius 3 is 3.22 bits per heavy atom. The van der Waals surface area contributed by atoms with Gasteiger partial charge in [-0.25, -0.2) is 0 Å². The van der Waals surface area contributed by atoms with E-state index in [1.165, 1.54) is 0 Å². The molecule has 5 nitrogen and oxygen atoms in total. The molecule has 1 fully saturated rings. The van der Waals surface area contributed by atoms with E-state index in [2.05, 4.69) is 11.6 Å². The summed E-state index contributed by atoms with van der Waals surface area (Å²) < 4.78 is 16.1. The van der Waals surface area contributed by atoms with E-state index in [-0.39, 0.29) is 12.7 Å². The maximum Gasteiger partial charge on any atom is 0.254 e. The van der Waals surface area contributed by atoms with E-state index in [1.54, 1.807) is 6.07 Å². The van der Waals surface area contributed by atoms with Crippen LogP contribution in [-0.2, 0) is 11.2 Å². The van der Waals surface area contributed by atoms with Gasteiger partial charge in [-0.3, -0.25) is 0 Å². The normalized spacial score (nSPS) is 19.9. The molecule has 0 amide bonds. The van der Waals surface area contributed by atoms with E-state index < -0.39 is 0 Å². The molecule has 18 heavy (non-hydrogen) atoms. The second-order valence-corrected chi connectivity index (χ2v) is 4.29. The number of unbranched alkanes of at least 4 members (excludes halogenated alkanes) is 1. The van der Waals surface area contributed by atoms with Crippen molar-refractivity contribution in [2.45, 2.75) is 38.2 Å². The molecule has 2 radical (unpaired) electrons. The molecular formula is C13H19NO4. The van der Waals surface area contributed by atoms with Gasteiger partial charge in [0.25, 0.3) is 5.88 Å². The van der Waals surface area contributed by atoms with E-state index >= 15 is 0 Å². The van der Waals surface area contributed by atoms with Gasteiger partial charge >= 0.3 is 0 Å². The highest BCUT2D eigenvalue weighted by atomic mass is 16.6. The van der Waals surface area contributed by atoms with Crippen molar-refractivity contribution in [2.24, 2.45) is 0 Å². The van der Waals surface area contributed by atoms with Gasteiger partial charge in [0, 0.05) is 32.1 Å². The molecule has 0 spiro atoms. The molecule has 0 aliphatic carbocycles. The summed E-state index contributed by atoms with van der Waals surface area (Å²) in [5, 5.41) is 12.5. The molecule has 1 aromatic rings. The predicted molar refractivity (Wildman–Crippen MR) is 64.2 cm³/mol. The molecule has 1 N–H and O–H groups in total. The summed E-state index contributed by atoms with van der Waals surface area (Å²) in [6.07, 6.45) is 7.57. The van der Waals surface area contributed by atoms with Gasteiger partial charge in [-0.05, 0) is 30.8 Å². The number of ether oxygens (including phenoxy) is 2. The van der Waals surface area contributed by atoms with Crippen LogP contribution < -0.4 is 4.74 Å². The van der Waals surface area contributed by atoms with E-state index in [4.69, 9.17) is 19.1 Å². The van der Waals surface area contributed by atoms with Crippen LogP contribution in [0.2, 0.25) is 0 Å². The van der Waals surface area contributed by atoms with Crippen LogP contribution >= 0.6 is 0 Å². The van der Waals surface area contributed by atoms with Gasteiger partial charge in [-0.15, -0.1) is 0 Å². The van der Waals surface area contributed by atoms with Crippen LogP contribution in [0.3, 0.4) is 0 Å². The fraction of sp³-hybridized carbons (Fsp3) is 0.692. The van der Waals surface area contributed by atoms with Crippen LogP contribution in [0.5, 0.6) is 5.88 Å². The summed E-state index contributed by atoms with van der Waals surface area (Å²) in [5.74, 6) is 1.28. The minimum absolute atomic E-state index is 0.0618. The van der Waals surface area contributed by atoms with Crippen molar-refractivity contribution in [2.75, 3.05) is 19.8 Å². The third kappa shape index (κ3) is 4.31. The van der Waals surface area contributed by atoms with Gasteiger partial charge in [-0.1, -0.05) is 0 Å². The molecule has 1 atom stereocenters. The fourth-order valence-corrected chi connectivity index (χ4v) is 1.78. The van der Waals surface area contributed by atoms with Gasteiger partial charge in [0.15, 0.2) is 0 Å². The van der Waals surface area contributed by atoms with E-state index in [0.29, 0.717) is 12.5 Å². The number of nitrogens with zero attached hydrogens (tertiary/aromatic N) is 1. The van der Waals surface area contributed by atoms with Crippen LogP contribution in [0, 0.1) is 6.42 Å². The summed E-state index contributed by atoms with van der Waals surface area (Å²) in [7, 11) is 0. The standard InChI is InChI=1S/C13H19NO4/c15-7-3-1-5-11-9-13(14-18-11)17-10-12-6-2-4-8-16-12/h9,12,15H,1-5,7-8,10H2. The molecule has 5 heteroatoms. The first-order valence-corrected chi connectivity index (χ1v) is 6.43. The number of rotatable bonds is 7. The van der Waals surface area contributed by atoms with Crippen molar-refractivity contribution >= 4 is 0 Å². The number of aliphatic hydroxyl groups is 1. The molecule has 0 aromatic carbocycles. The number of hydrogen-bond donors (Lipinski definition) is 1. The molecule has 0 saturated carbocycles. The Morgan fingerprint density at radius 1 is 1.50 bits per heavy atom. The third-order valence-electron chi connectivity index (χ3n) is 2.76. The molecule has 2 rings (SSSR count). The first-order valence-electron chi connectivity index (χ1n) is 6.43. The Balaban J connectivity index is 1.69. The highest BCUT2D eigenvalue weighted by molar-refractivity contribution is 5.11. The molecule has 1 aliphatic rings. The smallest absolute Gasteiger partial charge is 0.254 e. The molecule has 1 saturated heterocycles. The van der Waals surface area contributed by atoms with Gasteiger partial charge in [0.2, 0.25) is 0 Å². The largest absolute Gasteiger partial charge is 0.473 e. The molecule has 1 unspecified atom stereocenters. The van der Waals surface area contributed by atoms with Crippen LogP contribution in [0.25, 0.3) is 0 Å². The lowest BCUT2D eigenvalue weighted by Gasteiger charge is -2.20. The minimum Gasteiger partial charge on any atom is -0.473 e. The predicted octanol–water partition coefficient (Wildman–Crippen LogP) is 1.63. The lowest BCUT2D eigenvalue weighted by Crippen LogP contribution is -2.26. The topological polar surface area (TPSA) is 64.7 Å². The molecule has 2 heterocycles. The summed E-state index contributed by atoms with van der Waals surface area (Å²) in [6.45, 7) is 1.41. The highest BCUT2D eigenvalue weighted by Gasteiger charge is 2.16. The second-order valence-electron chi connectivity index (χ2n) is 4.29. The van der Waals surface area contributed by atoms with Crippen molar-refractivity contribution < 1.29 is 19.1 Å². The van der Waals surface area contributed by atoms with Gasteiger partial charge in [0.1, 0.15) is 12.4 Å². The van der Waals surface area contributed by atoms with Gasteiger partial charge in [-0.2, -0.15) is 0 Å². The first-order chi connectivity index (χ1) is 8.88. The van der Waals surface area contributed by atoms with Crippen LogP contribution in [-0.4, -0.2) is 36.2 Å². The second kappa shape index (κ2) is 7.38. The molecule has 100 valence electrons. The number of hydrogen-bond acceptors (Lipinski definition) is 5. The van der Waals surface area contributed by atoms with Crippen molar-refractivity contribution in [3.05, 3.63) is 18.2 Å². The van der Waals surface area contributed by atoms with Crippen LogP contribution in [0.15, 0.2) is 10.6 Å². The Hall–Kier alpha value is -1.07. The maximum atomic E-state index is 8.69. The summed E-state index contributed by atoms with van der Waals surface area (Å²) >= 11 is 0. The SMILES string of the molecule is OCCCCc1cc(OCC2[C]CCCO2)no1. The third-order valence-corrected chi connectivity index (χ3v) is 2.76. The summed E-state index contributed by atoms with van der Waals surface area (Å²) in [6, 6.07) is 1.79. The zero-order valence-electron chi connectivity index (χ0n) is 10.4. The fourth-order valence-electron chi connectivity index (χ4n) is 1.78. The lowest BCUT2D eigenvalue weighted by molar-refractivity contribution is 0.0175. The van der Waals surface area contributed by atoms with Gasteiger partial charge < -0.3 is 19.1 Å². The molecule has 1 aromatic heterocycles. The van der Waals surface area contributed by atoms with Crippen molar-refractivity contribution in [1.82, 2.24) is 5.16 Å². The Morgan fingerprint density at radius 2 is 2.44 bits per heavy atom. The van der Waals surface area contributed by atoms with Crippen LogP contribution in [0.4, 0.5) is 0 Å². The first kappa shape index (κ1) is 13.4. The van der Waals surface area contributed by atoms with Crippen molar-refractivity contribution in [3.8, 4) is 5.88 Å². The zero-order valence-corrected chi connectivity index (χ0v) is 10.4. The average molecular weight is 253 g/mol. The summed E-state index contributed by atoms with van der Waals surface area (Å²) in [4.78, 5) is 0. The molecular weight excluding hydrogens is 234 g/mol. The van der Waals surface area contributed by atoms with E-state index in [0.717, 1.165) is 44.5 Å². The number of aromatic nitrogens is 1. The Labute approximate surface area is 107 Å². The number of aryl methyl sites for hydroxylation is 1. The average Bonchev–Trinajstić information content (AvgIpc) is 2.86.